The Labute approximate surface area is 219 Å². The molecular formula is C29H34N4O3S. The summed E-state index contributed by atoms with van der Waals surface area (Å²) in [5.41, 5.74) is 5.76. The average molecular weight is 519 g/mol. The second-order valence-corrected chi connectivity index (χ2v) is 10.9. The van der Waals surface area contributed by atoms with Crippen molar-refractivity contribution in [2.24, 2.45) is 0 Å². The van der Waals surface area contributed by atoms with E-state index in [0.29, 0.717) is 34.6 Å². The van der Waals surface area contributed by atoms with Gasteiger partial charge in [0.2, 0.25) is 10.0 Å². The van der Waals surface area contributed by atoms with Crippen LogP contribution in [0.3, 0.4) is 0 Å². The van der Waals surface area contributed by atoms with E-state index in [4.69, 9.17) is 0 Å². The molecule has 1 heterocycles. The van der Waals surface area contributed by atoms with E-state index in [1.54, 1.807) is 18.2 Å². The molecule has 1 aliphatic rings. The third-order valence-corrected chi connectivity index (χ3v) is 7.84. The highest BCUT2D eigenvalue weighted by Gasteiger charge is 2.29. The highest BCUT2D eigenvalue weighted by molar-refractivity contribution is 7.92. The lowest BCUT2D eigenvalue weighted by atomic mass is 9.99. The van der Waals surface area contributed by atoms with Crippen molar-refractivity contribution in [1.82, 2.24) is 4.90 Å². The van der Waals surface area contributed by atoms with Gasteiger partial charge in [0.15, 0.2) is 0 Å². The Morgan fingerprint density at radius 3 is 2.22 bits per heavy atom. The SMILES string of the molecule is CCCS(=O)(=O)Nc1ccc2c(c1)C(=C(Nc1ccc(CN(CC)CC)cc1)c1ccccc1)C(=O)N2. The molecule has 0 aliphatic carbocycles. The largest absolute Gasteiger partial charge is 0.354 e. The molecule has 0 bridgehead atoms. The average Bonchev–Trinajstić information content (AvgIpc) is 3.21. The zero-order valence-corrected chi connectivity index (χ0v) is 22.4. The van der Waals surface area contributed by atoms with Crippen LogP contribution in [-0.4, -0.2) is 38.1 Å². The minimum Gasteiger partial charge on any atom is -0.354 e. The number of hydrogen-bond donors (Lipinski definition) is 3. The van der Waals surface area contributed by atoms with E-state index in [1.807, 2.05) is 49.4 Å². The lowest BCUT2D eigenvalue weighted by molar-refractivity contribution is -0.110. The molecular weight excluding hydrogens is 484 g/mol. The molecule has 194 valence electrons. The highest BCUT2D eigenvalue weighted by Crippen LogP contribution is 2.39. The molecule has 0 unspecified atom stereocenters. The smallest absolute Gasteiger partial charge is 0.258 e. The molecule has 8 heteroatoms. The fourth-order valence-corrected chi connectivity index (χ4v) is 5.53. The minimum atomic E-state index is -3.46. The molecule has 0 saturated heterocycles. The predicted octanol–water partition coefficient (Wildman–Crippen LogP) is 5.61. The van der Waals surface area contributed by atoms with Gasteiger partial charge in [0.05, 0.1) is 17.0 Å². The molecule has 0 spiro atoms. The molecule has 3 aromatic rings. The lowest BCUT2D eigenvalue weighted by Crippen LogP contribution is -2.22. The number of benzene rings is 3. The predicted molar refractivity (Wildman–Crippen MR) is 153 cm³/mol. The Bertz CT molecular complexity index is 1380. The first-order valence-electron chi connectivity index (χ1n) is 12.7. The van der Waals surface area contributed by atoms with Crippen LogP contribution in [0.4, 0.5) is 17.1 Å². The van der Waals surface area contributed by atoms with Crippen molar-refractivity contribution in [2.75, 3.05) is 34.2 Å². The van der Waals surface area contributed by atoms with Crippen LogP contribution in [0.5, 0.6) is 0 Å². The number of amides is 1. The summed E-state index contributed by atoms with van der Waals surface area (Å²) in [4.78, 5) is 15.6. The summed E-state index contributed by atoms with van der Waals surface area (Å²) in [6, 6.07) is 23.0. The minimum absolute atomic E-state index is 0.0328. The van der Waals surface area contributed by atoms with Crippen LogP contribution in [0, 0.1) is 0 Å². The van der Waals surface area contributed by atoms with Crippen molar-refractivity contribution < 1.29 is 13.2 Å². The Kier molecular flexibility index (Phi) is 8.31. The van der Waals surface area contributed by atoms with Crippen molar-refractivity contribution in [1.29, 1.82) is 0 Å². The Morgan fingerprint density at radius 2 is 1.57 bits per heavy atom. The second-order valence-electron chi connectivity index (χ2n) is 9.03. The summed E-state index contributed by atoms with van der Waals surface area (Å²) in [7, 11) is -3.46. The molecule has 37 heavy (non-hydrogen) atoms. The van der Waals surface area contributed by atoms with Crippen molar-refractivity contribution >= 4 is 44.3 Å². The van der Waals surface area contributed by atoms with Gasteiger partial charge in [-0.15, -0.1) is 0 Å². The first kappa shape index (κ1) is 26.4. The lowest BCUT2D eigenvalue weighted by Gasteiger charge is -2.19. The number of sulfonamides is 1. The van der Waals surface area contributed by atoms with Gasteiger partial charge in [0, 0.05) is 29.2 Å². The fraction of sp³-hybridized carbons (Fsp3) is 0.276. The highest BCUT2D eigenvalue weighted by atomic mass is 32.2. The second kappa shape index (κ2) is 11.6. The molecule has 0 fully saturated rings. The zero-order chi connectivity index (χ0) is 26.4. The Morgan fingerprint density at radius 1 is 0.892 bits per heavy atom. The summed E-state index contributed by atoms with van der Waals surface area (Å²) >= 11 is 0. The molecule has 7 nitrogen and oxygen atoms in total. The van der Waals surface area contributed by atoms with Crippen LogP contribution in [-0.2, 0) is 21.4 Å². The summed E-state index contributed by atoms with van der Waals surface area (Å²) in [5.74, 6) is -0.210. The van der Waals surface area contributed by atoms with Crippen molar-refractivity contribution in [2.45, 2.75) is 33.7 Å². The normalized spacial score (nSPS) is 14.3. The van der Waals surface area contributed by atoms with Gasteiger partial charge in [0.1, 0.15) is 0 Å². The molecule has 3 N–H and O–H groups in total. The number of fused-ring (bicyclic) bond motifs is 1. The van der Waals surface area contributed by atoms with Gasteiger partial charge in [-0.25, -0.2) is 8.42 Å². The van der Waals surface area contributed by atoms with E-state index in [9.17, 15) is 13.2 Å². The number of carbonyl (C=O) groups excluding carboxylic acids is 1. The number of rotatable bonds is 11. The maximum absolute atomic E-state index is 13.2. The summed E-state index contributed by atoms with van der Waals surface area (Å²) in [5, 5.41) is 6.39. The van der Waals surface area contributed by atoms with Gasteiger partial charge in [0.25, 0.3) is 5.91 Å². The van der Waals surface area contributed by atoms with Crippen molar-refractivity contribution in [3.05, 3.63) is 89.5 Å². The maximum atomic E-state index is 13.2. The fourth-order valence-electron chi connectivity index (χ4n) is 4.41. The standard InChI is InChI=1S/C29H34N4O3S/c1-4-18-37(35,36)32-24-16-17-26-25(19-24)27(29(34)31-26)28(22-10-8-7-9-11-22)30-23-14-12-21(13-15-23)20-33(5-2)6-3/h7-17,19,30,32H,4-6,18,20H2,1-3H3,(H,31,34). The van der Waals surface area contributed by atoms with Crippen molar-refractivity contribution in [3.63, 3.8) is 0 Å². The Balaban J connectivity index is 1.73. The quantitative estimate of drug-likeness (QED) is 0.287. The maximum Gasteiger partial charge on any atom is 0.258 e. The van der Waals surface area contributed by atoms with Crippen LogP contribution in [0.2, 0.25) is 0 Å². The summed E-state index contributed by atoms with van der Waals surface area (Å²) in [6.07, 6.45) is 0.515. The number of hydrogen-bond acceptors (Lipinski definition) is 5. The summed E-state index contributed by atoms with van der Waals surface area (Å²) in [6.45, 7) is 8.99. The van der Waals surface area contributed by atoms with Crippen LogP contribution < -0.4 is 15.4 Å². The molecule has 0 atom stereocenters. The van der Waals surface area contributed by atoms with Gasteiger partial charge >= 0.3 is 0 Å². The molecule has 0 radical (unpaired) electrons. The number of nitrogens with one attached hydrogen (secondary N) is 3. The van der Waals surface area contributed by atoms with Gasteiger partial charge < -0.3 is 10.6 Å². The van der Waals surface area contributed by atoms with E-state index in [-0.39, 0.29) is 11.7 Å². The van der Waals surface area contributed by atoms with E-state index in [2.05, 4.69) is 46.2 Å². The van der Waals surface area contributed by atoms with Crippen LogP contribution in [0.25, 0.3) is 11.3 Å². The molecule has 0 aromatic heterocycles. The topological polar surface area (TPSA) is 90.5 Å². The van der Waals surface area contributed by atoms with Crippen LogP contribution in [0.15, 0.2) is 72.8 Å². The third-order valence-electron chi connectivity index (χ3n) is 6.35. The molecule has 3 aromatic carbocycles. The van der Waals surface area contributed by atoms with Crippen LogP contribution >= 0.6 is 0 Å². The first-order chi connectivity index (χ1) is 17.8. The molecule has 4 rings (SSSR count). The van der Waals surface area contributed by atoms with Gasteiger partial charge in [-0.3, -0.25) is 14.4 Å². The van der Waals surface area contributed by atoms with Crippen LogP contribution in [0.1, 0.15) is 43.9 Å². The monoisotopic (exact) mass is 518 g/mol. The number of nitrogens with zero attached hydrogens (tertiary/aromatic N) is 1. The van der Waals surface area contributed by atoms with E-state index < -0.39 is 10.0 Å². The summed E-state index contributed by atoms with van der Waals surface area (Å²) < 4.78 is 27.3. The number of anilines is 3. The molecule has 0 saturated carbocycles. The van der Waals surface area contributed by atoms with E-state index in [1.165, 1.54) is 5.56 Å². The Hall–Kier alpha value is -3.62. The third kappa shape index (κ3) is 6.39. The van der Waals surface area contributed by atoms with Gasteiger partial charge in [-0.05, 0) is 61.0 Å². The molecule has 1 aliphatic heterocycles. The zero-order valence-electron chi connectivity index (χ0n) is 21.5. The first-order valence-corrected chi connectivity index (χ1v) is 14.3. The number of carbonyl (C=O) groups is 1. The van der Waals surface area contributed by atoms with E-state index >= 15 is 0 Å². The molecule has 1 amide bonds. The van der Waals surface area contributed by atoms with Crippen molar-refractivity contribution in [3.8, 4) is 0 Å². The van der Waals surface area contributed by atoms with Gasteiger partial charge in [-0.1, -0.05) is 63.2 Å². The van der Waals surface area contributed by atoms with Gasteiger partial charge in [-0.2, -0.15) is 0 Å². The van der Waals surface area contributed by atoms with E-state index in [0.717, 1.165) is 30.9 Å².